The van der Waals surface area contributed by atoms with Crippen LogP contribution in [0.3, 0.4) is 0 Å². The van der Waals surface area contributed by atoms with E-state index in [4.69, 9.17) is 0 Å². The molecule has 1 heterocycles. The number of nitrogens with zero attached hydrogens (tertiary/aromatic N) is 1. The van der Waals surface area contributed by atoms with Gasteiger partial charge in [-0.2, -0.15) is 0 Å². The average Bonchev–Trinajstić information content (AvgIpc) is 2.54. The number of nitrogens with one attached hydrogen (secondary N) is 1. The van der Waals surface area contributed by atoms with Gasteiger partial charge in [0.2, 0.25) is 0 Å². The van der Waals surface area contributed by atoms with Crippen molar-refractivity contribution in [3.05, 3.63) is 35.5 Å². The van der Waals surface area contributed by atoms with E-state index in [9.17, 15) is 0 Å². The lowest BCUT2D eigenvalue weighted by Crippen LogP contribution is -2.12. The van der Waals surface area contributed by atoms with Crippen LogP contribution >= 0.6 is 0 Å². The highest BCUT2D eigenvalue weighted by Crippen LogP contribution is 2.27. The van der Waals surface area contributed by atoms with Crippen LogP contribution in [0.5, 0.6) is 0 Å². The standard InChI is InChI=1S/C13H18N2/c1-9-8-15(4)12-7-5-6-11(13(9)12)10(2)14-3/h5-8,10,14H,1-4H3. The van der Waals surface area contributed by atoms with Crippen molar-refractivity contribution in [2.75, 3.05) is 7.05 Å². The van der Waals surface area contributed by atoms with Crippen molar-refractivity contribution in [3.8, 4) is 0 Å². The van der Waals surface area contributed by atoms with Crippen molar-refractivity contribution in [1.82, 2.24) is 9.88 Å². The summed E-state index contributed by atoms with van der Waals surface area (Å²) in [5.41, 5.74) is 4.05. The van der Waals surface area contributed by atoms with Crippen molar-refractivity contribution in [2.45, 2.75) is 19.9 Å². The maximum atomic E-state index is 3.30. The SMILES string of the molecule is CNC(C)c1cccc2c1c(C)cn2C. The molecule has 0 saturated carbocycles. The maximum absolute atomic E-state index is 3.30. The third-order valence-corrected chi connectivity index (χ3v) is 3.14. The Morgan fingerprint density at radius 1 is 1.33 bits per heavy atom. The molecule has 0 amide bonds. The summed E-state index contributed by atoms with van der Waals surface area (Å²) in [5, 5.41) is 4.69. The Hall–Kier alpha value is -1.28. The highest BCUT2D eigenvalue weighted by atomic mass is 14.9. The summed E-state index contributed by atoms with van der Waals surface area (Å²) in [6.07, 6.45) is 2.19. The molecule has 0 radical (unpaired) electrons. The molecule has 1 aromatic heterocycles. The molecule has 0 saturated heterocycles. The van der Waals surface area contributed by atoms with Crippen molar-refractivity contribution >= 4 is 10.9 Å². The van der Waals surface area contributed by atoms with Gasteiger partial charge < -0.3 is 9.88 Å². The summed E-state index contributed by atoms with van der Waals surface area (Å²) < 4.78 is 2.19. The van der Waals surface area contributed by atoms with Gasteiger partial charge in [-0.3, -0.25) is 0 Å². The lowest BCUT2D eigenvalue weighted by molar-refractivity contribution is 0.657. The molecule has 1 unspecified atom stereocenters. The summed E-state index contributed by atoms with van der Waals surface area (Å²) in [5.74, 6) is 0. The summed E-state index contributed by atoms with van der Waals surface area (Å²) in [7, 11) is 4.10. The molecule has 2 heteroatoms. The molecule has 0 aliphatic carbocycles. The Kier molecular flexibility index (Phi) is 2.53. The van der Waals surface area contributed by atoms with Crippen LogP contribution in [-0.4, -0.2) is 11.6 Å². The van der Waals surface area contributed by atoms with E-state index in [-0.39, 0.29) is 0 Å². The third kappa shape index (κ3) is 1.55. The van der Waals surface area contributed by atoms with Gasteiger partial charge in [0, 0.05) is 30.2 Å². The molecule has 0 fully saturated rings. The molecule has 0 spiro atoms. The molecule has 0 aliphatic heterocycles. The number of hydrogen-bond acceptors (Lipinski definition) is 1. The molecule has 1 N–H and O–H groups in total. The number of benzene rings is 1. The summed E-state index contributed by atoms with van der Waals surface area (Å²) in [6, 6.07) is 6.91. The Balaban J connectivity index is 2.75. The first-order valence-electron chi connectivity index (χ1n) is 5.37. The van der Waals surface area contributed by atoms with E-state index in [1.165, 1.54) is 22.0 Å². The zero-order valence-electron chi connectivity index (χ0n) is 9.83. The Morgan fingerprint density at radius 3 is 2.73 bits per heavy atom. The van der Waals surface area contributed by atoms with E-state index in [1.54, 1.807) is 0 Å². The molecular weight excluding hydrogens is 184 g/mol. The van der Waals surface area contributed by atoms with Crippen LogP contribution in [0, 0.1) is 6.92 Å². The van der Waals surface area contributed by atoms with Crippen LogP contribution < -0.4 is 5.32 Å². The van der Waals surface area contributed by atoms with E-state index in [0.717, 1.165) is 0 Å². The van der Waals surface area contributed by atoms with Gasteiger partial charge in [0.1, 0.15) is 0 Å². The van der Waals surface area contributed by atoms with E-state index < -0.39 is 0 Å². The number of rotatable bonds is 2. The largest absolute Gasteiger partial charge is 0.350 e. The Labute approximate surface area is 90.9 Å². The van der Waals surface area contributed by atoms with Crippen molar-refractivity contribution < 1.29 is 0 Å². The van der Waals surface area contributed by atoms with Crippen molar-refractivity contribution in [2.24, 2.45) is 7.05 Å². The first-order valence-corrected chi connectivity index (χ1v) is 5.37. The van der Waals surface area contributed by atoms with Crippen molar-refractivity contribution in [1.29, 1.82) is 0 Å². The van der Waals surface area contributed by atoms with Crippen LogP contribution in [0.2, 0.25) is 0 Å². The van der Waals surface area contributed by atoms with Gasteiger partial charge in [-0.1, -0.05) is 12.1 Å². The first kappa shape index (κ1) is 10.2. The van der Waals surface area contributed by atoms with Gasteiger partial charge in [0.25, 0.3) is 0 Å². The fourth-order valence-corrected chi connectivity index (χ4v) is 2.22. The lowest BCUT2D eigenvalue weighted by atomic mass is 10.0. The lowest BCUT2D eigenvalue weighted by Gasteiger charge is -2.12. The van der Waals surface area contributed by atoms with Gasteiger partial charge >= 0.3 is 0 Å². The van der Waals surface area contributed by atoms with Crippen LogP contribution in [0.25, 0.3) is 10.9 Å². The van der Waals surface area contributed by atoms with Gasteiger partial charge in [-0.25, -0.2) is 0 Å². The zero-order chi connectivity index (χ0) is 11.0. The third-order valence-electron chi connectivity index (χ3n) is 3.14. The number of fused-ring (bicyclic) bond motifs is 1. The van der Waals surface area contributed by atoms with Gasteiger partial charge in [-0.15, -0.1) is 0 Å². The highest BCUT2D eigenvalue weighted by molar-refractivity contribution is 5.87. The summed E-state index contributed by atoms with van der Waals surface area (Å²) in [4.78, 5) is 0. The molecule has 1 atom stereocenters. The molecule has 2 rings (SSSR count). The number of hydrogen-bond donors (Lipinski definition) is 1. The molecule has 0 bridgehead atoms. The topological polar surface area (TPSA) is 17.0 Å². The predicted molar refractivity (Wildman–Crippen MR) is 65.1 cm³/mol. The zero-order valence-corrected chi connectivity index (χ0v) is 9.83. The molecule has 1 aromatic carbocycles. The van der Waals surface area contributed by atoms with Crippen LogP contribution in [-0.2, 0) is 7.05 Å². The molecule has 2 aromatic rings. The maximum Gasteiger partial charge on any atom is 0.0483 e. The second-order valence-corrected chi connectivity index (χ2v) is 4.17. The van der Waals surface area contributed by atoms with E-state index in [1.807, 2.05) is 7.05 Å². The summed E-state index contributed by atoms with van der Waals surface area (Å²) in [6.45, 7) is 4.37. The number of aromatic nitrogens is 1. The van der Waals surface area contributed by atoms with Gasteiger partial charge in [-0.05, 0) is 38.1 Å². The minimum atomic E-state index is 0.398. The van der Waals surface area contributed by atoms with Gasteiger partial charge in [0.15, 0.2) is 0 Å². The molecule has 80 valence electrons. The monoisotopic (exact) mass is 202 g/mol. The first-order chi connectivity index (χ1) is 7.15. The summed E-state index contributed by atoms with van der Waals surface area (Å²) >= 11 is 0. The van der Waals surface area contributed by atoms with E-state index >= 15 is 0 Å². The van der Waals surface area contributed by atoms with Crippen molar-refractivity contribution in [3.63, 3.8) is 0 Å². The number of aryl methyl sites for hydroxylation is 2. The van der Waals surface area contributed by atoms with Crippen LogP contribution in [0.4, 0.5) is 0 Å². The predicted octanol–water partition coefficient (Wildman–Crippen LogP) is 2.77. The van der Waals surface area contributed by atoms with Crippen LogP contribution in [0.15, 0.2) is 24.4 Å². The second-order valence-electron chi connectivity index (χ2n) is 4.17. The smallest absolute Gasteiger partial charge is 0.0483 e. The van der Waals surface area contributed by atoms with Crippen LogP contribution in [0.1, 0.15) is 24.1 Å². The minimum Gasteiger partial charge on any atom is -0.350 e. The van der Waals surface area contributed by atoms with Gasteiger partial charge in [0.05, 0.1) is 0 Å². The van der Waals surface area contributed by atoms with E-state index in [0.29, 0.717) is 6.04 Å². The Bertz CT molecular complexity index is 482. The minimum absolute atomic E-state index is 0.398. The highest BCUT2D eigenvalue weighted by Gasteiger charge is 2.11. The Morgan fingerprint density at radius 2 is 2.07 bits per heavy atom. The molecule has 15 heavy (non-hydrogen) atoms. The van der Waals surface area contributed by atoms with E-state index in [2.05, 4.69) is 55.2 Å². The quantitative estimate of drug-likeness (QED) is 0.792. The fourth-order valence-electron chi connectivity index (χ4n) is 2.22. The second kappa shape index (κ2) is 3.70. The normalized spacial score (nSPS) is 13.3. The molecular formula is C13H18N2. The fraction of sp³-hybridized carbons (Fsp3) is 0.385. The molecule has 2 nitrogen and oxygen atoms in total. The average molecular weight is 202 g/mol. The molecule has 0 aliphatic rings.